The minimum absolute atomic E-state index is 0.178. The SMILES string of the molecule is Cc1cc(=O)oc2cc(OCC(=O)NC[C@H](C)c3ccccc3)c(Cl)cc12. The van der Waals surface area contributed by atoms with E-state index in [-0.39, 0.29) is 18.4 Å². The van der Waals surface area contributed by atoms with Gasteiger partial charge in [0.2, 0.25) is 0 Å². The van der Waals surface area contributed by atoms with Crippen LogP contribution in [0.3, 0.4) is 0 Å². The van der Waals surface area contributed by atoms with Crippen molar-refractivity contribution in [2.45, 2.75) is 19.8 Å². The van der Waals surface area contributed by atoms with Gasteiger partial charge in [-0.25, -0.2) is 4.79 Å². The lowest BCUT2D eigenvalue weighted by Gasteiger charge is -2.14. The molecule has 1 amide bonds. The topological polar surface area (TPSA) is 68.5 Å². The number of carbonyl (C=O) groups excluding carboxylic acids is 1. The first-order valence-electron chi connectivity index (χ1n) is 8.62. The van der Waals surface area contributed by atoms with Crippen LogP contribution in [0, 0.1) is 6.92 Å². The summed E-state index contributed by atoms with van der Waals surface area (Å²) < 4.78 is 10.7. The first-order chi connectivity index (χ1) is 12.9. The van der Waals surface area contributed by atoms with Gasteiger partial charge in [-0.05, 0) is 30.0 Å². The Bertz CT molecular complexity index is 1010. The Balaban J connectivity index is 1.61. The highest BCUT2D eigenvalue weighted by molar-refractivity contribution is 6.32. The van der Waals surface area contributed by atoms with Gasteiger partial charge in [0.25, 0.3) is 5.91 Å². The number of rotatable bonds is 6. The van der Waals surface area contributed by atoms with Crippen LogP contribution in [0.25, 0.3) is 11.0 Å². The molecule has 0 spiro atoms. The van der Waals surface area contributed by atoms with Crippen LogP contribution in [-0.2, 0) is 4.79 Å². The van der Waals surface area contributed by atoms with Gasteiger partial charge in [0.05, 0.1) is 5.02 Å². The molecule has 0 unspecified atom stereocenters. The predicted octanol–water partition coefficient (Wildman–Crippen LogP) is 4.05. The summed E-state index contributed by atoms with van der Waals surface area (Å²) in [5, 5.41) is 3.93. The summed E-state index contributed by atoms with van der Waals surface area (Å²) in [6.45, 7) is 4.17. The lowest BCUT2D eigenvalue weighted by atomic mass is 10.0. The number of nitrogens with one attached hydrogen (secondary N) is 1. The van der Waals surface area contributed by atoms with Crippen molar-refractivity contribution in [3.8, 4) is 5.75 Å². The lowest BCUT2D eigenvalue weighted by Crippen LogP contribution is -2.31. The van der Waals surface area contributed by atoms with E-state index >= 15 is 0 Å². The van der Waals surface area contributed by atoms with E-state index in [1.54, 1.807) is 13.0 Å². The minimum Gasteiger partial charge on any atom is -0.482 e. The van der Waals surface area contributed by atoms with E-state index in [0.717, 1.165) is 16.5 Å². The summed E-state index contributed by atoms with van der Waals surface area (Å²) in [4.78, 5) is 23.6. The van der Waals surface area contributed by atoms with Crippen LogP contribution in [0.5, 0.6) is 5.75 Å². The second-order valence-electron chi connectivity index (χ2n) is 6.43. The normalized spacial score (nSPS) is 12.0. The molecule has 0 saturated carbocycles. The standard InChI is InChI=1S/C21H20ClNO4/c1-13-8-21(25)27-18-10-19(17(22)9-16(13)18)26-12-20(24)23-11-14(2)15-6-4-3-5-7-15/h3-10,14H,11-12H2,1-2H3,(H,23,24)/t14-/m0/s1. The molecule has 6 heteroatoms. The highest BCUT2D eigenvalue weighted by atomic mass is 35.5. The zero-order valence-corrected chi connectivity index (χ0v) is 15.9. The Morgan fingerprint density at radius 2 is 1.96 bits per heavy atom. The molecule has 5 nitrogen and oxygen atoms in total. The zero-order chi connectivity index (χ0) is 19.4. The molecule has 27 heavy (non-hydrogen) atoms. The van der Waals surface area contributed by atoms with Crippen LogP contribution in [0.2, 0.25) is 5.02 Å². The van der Waals surface area contributed by atoms with Gasteiger partial charge in [-0.15, -0.1) is 0 Å². The van der Waals surface area contributed by atoms with Crippen molar-refractivity contribution in [3.63, 3.8) is 0 Å². The van der Waals surface area contributed by atoms with Crippen LogP contribution < -0.4 is 15.7 Å². The van der Waals surface area contributed by atoms with Crippen molar-refractivity contribution in [2.75, 3.05) is 13.2 Å². The molecule has 0 aliphatic carbocycles. The van der Waals surface area contributed by atoms with Gasteiger partial charge < -0.3 is 14.5 Å². The van der Waals surface area contributed by atoms with E-state index in [9.17, 15) is 9.59 Å². The lowest BCUT2D eigenvalue weighted by molar-refractivity contribution is -0.123. The van der Waals surface area contributed by atoms with Crippen LogP contribution >= 0.6 is 11.6 Å². The number of ether oxygens (including phenoxy) is 1. The monoisotopic (exact) mass is 385 g/mol. The summed E-state index contributed by atoms with van der Waals surface area (Å²) in [6.07, 6.45) is 0. The maximum Gasteiger partial charge on any atom is 0.336 e. The first kappa shape index (κ1) is 19.0. The van der Waals surface area contributed by atoms with E-state index in [2.05, 4.69) is 5.32 Å². The fraction of sp³-hybridized carbons (Fsp3) is 0.238. The summed E-state index contributed by atoms with van der Waals surface area (Å²) >= 11 is 6.23. The Kier molecular flexibility index (Phi) is 5.81. The second-order valence-corrected chi connectivity index (χ2v) is 6.84. The Morgan fingerprint density at radius 3 is 2.70 bits per heavy atom. The summed E-state index contributed by atoms with van der Waals surface area (Å²) in [6, 6.07) is 14.6. The van der Waals surface area contributed by atoms with Crippen LogP contribution in [-0.4, -0.2) is 19.1 Å². The molecule has 0 radical (unpaired) electrons. The van der Waals surface area contributed by atoms with Gasteiger partial charge in [0.15, 0.2) is 6.61 Å². The molecule has 2 aromatic carbocycles. The molecule has 3 rings (SSSR count). The van der Waals surface area contributed by atoms with Gasteiger partial charge in [-0.2, -0.15) is 0 Å². The molecule has 0 aliphatic rings. The molecule has 140 valence electrons. The molecule has 0 saturated heterocycles. The van der Waals surface area contributed by atoms with Crippen molar-refractivity contribution in [3.05, 3.63) is 75.1 Å². The molecule has 1 N–H and O–H groups in total. The maximum atomic E-state index is 12.1. The average Bonchev–Trinajstić information content (AvgIpc) is 2.65. The van der Waals surface area contributed by atoms with Gasteiger partial charge in [-0.1, -0.05) is 48.9 Å². The number of benzene rings is 2. The molecule has 1 aromatic heterocycles. The number of carbonyl (C=O) groups is 1. The molecular weight excluding hydrogens is 366 g/mol. The van der Waals surface area contributed by atoms with Crippen molar-refractivity contribution in [1.29, 1.82) is 0 Å². The predicted molar refractivity (Wildman–Crippen MR) is 106 cm³/mol. The molecule has 0 fully saturated rings. The molecule has 0 aliphatic heterocycles. The van der Waals surface area contributed by atoms with E-state index < -0.39 is 5.63 Å². The fourth-order valence-corrected chi connectivity index (χ4v) is 3.01. The third-order valence-corrected chi connectivity index (χ3v) is 4.63. The van der Waals surface area contributed by atoms with Crippen molar-refractivity contribution < 1.29 is 13.9 Å². The average molecular weight is 386 g/mol. The van der Waals surface area contributed by atoms with E-state index in [1.807, 2.05) is 37.3 Å². The molecule has 0 bridgehead atoms. The number of hydrogen-bond acceptors (Lipinski definition) is 4. The third kappa shape index (κ3) is 4.68. The van der Waals surface area contributed by atoms with Gasteiger partial charge >= 0.3 is 5.63 Å². The van der Waals surface area contributed by atoms with Gasteiger partial charge in [0, 0.05) is 24.1 Å². The largest absolute Gasteiger partial charge is 0.482 e. The summed E-state index contributed by atoms with van der Waals surface area (Å²) in [5.74, 6) is 0.237. The van der Waals surface area contributed by atoms with Crippen LogP contribution in [0.1, 0.15) is 24.0 Å². The van der Waals surface area contributed by atoms with E-state index in [0.29, 0.717) is 22.9 Å². The van der Waals surface area contributed by atoms with E-state index in [4.69, 9.17) is 20.8 Å². The van der Waals surface area contributed by atoms with Crippen LogP contribution in [0.15, 0.2) is 57.7 Å². The zero-order valence-electron chi connectivity index (χ0n) is 15.1. The van der Waals surface area contributed by atoms with Gasteiger partial charge in [0.1, 0.15) is 11.3 Å². The number of amides is 1. The summed E-state index contributed by atoms with van der Waals surface area (Å²) in [7, 11) is 0. The van der Waals surface area contributed by atoms with Crippen molar-refractivity contribution in [1.82, 2.24) is 5.32 Å². The number of halogens is 1. The maximum absolute atomic E-state index is 12.1. The van der Waals surface area contributed by atoms with Crippen molar-refractivity contribution in [2.24, 2.45) is 0 Å². The molecule has 1 heterocycles. The third-order valence-electron chi connectivity index (χ3n) is 4.34. The van der Waals surface area contributed by atoms with Crippen molar-refractivity contribution >= 4 is 28.5 Å². The second kappa shape index (κ2) is 8.27. The number of aryl methyl sites for hydroxylation is 1. The minimum atomic E-state index is -0.444. The van der Waals surface area contributed by atoms with Crippen LogP contribution in [0.4, 0.5) is 0 Å². The molecule has 1 atom stereocenters. The quantitative estimate of drug-likeness (QED) is 0.650. The Morgan fingerprint density at radius 1 is 1.22 bits per heavy atom. The van der Waals surface area contributed by atoms with E-state index in [1.165, 1.54) is 12.1 Å². The number of fused-ring (bicyclic) bond motifs is 1. The smallest absolute Gasteiger partial charge is 0.336 e. The molecular formula is C21H20ClNO4. The number of hydrogen-bond donors (Lipinski definition) is 1. The Labute approximate surface area is 161 Å². The Hall–Kier alpha value is -2.79. The first-order valence-corrected chi connectivity index (χ1v) is 9.00. The highest BCUT2D eigenvalue weighted by Crippen LogP contribution is 2.30. The fourth-order valence-electron chi connectivity index (χ4n) is 2.79. The summed E-state index contributed by atoms with van der Waals surface area (Å²) in [5.41, 5.74) is 1.85. The molecule has 3 aromatic rings. The highest BCUT2D eigenvalue weighted by Gasteiger charge is 2.12. The van der Waals surface area contributed by atoms with Gasteiger partial charge in [-0.3, -0.25) is 4.79 Å².